The predicted octanol–water partition coefficient (Wildman–Crippen LogP) is 4.90. The van der Waals surface area contributed by atoms with Crippen LogP contribution in [0.5, 0.6) is 17.2 Å². The number of hydrogen-bond donors (Lipinski definition) is 1. The van der Waals surface area contributed by atoms with E-state index >= 15 is 0 Å². The topological polar surface area (TPSA) is 105 Å². The first kappa shape index (κ1) is 23.2. The van der Waals surface area contributed by atoms with Crippen LogP contribution in [0.2, 0.25) is 0 Å². The molecule has 2 N–H and O–H groups in total. The fraction of sp³-hybridized carbons (Fsp3) is 0.179. The van der Waals surface area contributed by atoms with E-state index in [0.29, 0.717) is 28.2 Å². The molecule has 0 radical (unpaired) electrons. The summed E-state index contributed by atoms with van der Waals surface area (Å²) in [7, 11) is 3.56. The molecular formula is C28H21F2N5O4. The van der Waals surface area contributed by atoms with E-state index in [1.54, 1.807) is 41.0 Å². The lowest BCUT2D eigenvalue weighted by molar-refractivity contribution is -0.286. The molecule has 196 valence electrons. The molecule has 2 aromatic heterocycles. The number of halogens is 2. The van der Waals surface area contributed by atoms with Crippen molar-refractivity contribution in [2.75, 3.05) is 19.4 Å². The van der Waals surface area contributed by atoms with Gasteiger partial charge in [-0.05, 0) is 47.5 Å². The number of nitrogens with two attached hydrogens (primary N) is 1. The number of likely N-dealkylation sites (N-methyl/N-ethyl adjacent to an activating group) is 1. The molecule has 2 aliphatic rings. The summed E-state index contributed by atoms with van der Waals surface area (Å²) in [6, 6.07) is 15.2. The molecule has 9 nitrogen and oxygen atoms in total. The Balaban J connectivity index is 1.18. The average molecular weight is 530 g/mol. The van der Waals surface area contributed by atoms with Gasteiger partial charge in [-0.2, -0.15) is 5.10 Å². The van der Waals surface area contributed by atoms with Crippen molar-refractivity contribution in [3.8, 4) is 28.4 Å². The number of amides is 1. The van der Waals surface area contributed by atoms with Crippen molar-refractivity contribution in [3.63, 3.8) is 0 Å². The molecule has 0 saturated heterocycles. The molecule has 0 bridgehead atoms. The highest BCUT2D eigenvalue weighted by molar-refractivity contribution is 6.10. The second-order valence-corrected chi connectivity index (χ2v) is 9.58. The third kappa shape index (κ3) is 3.61. The SMILES string of the molecule is CN(C(=O)c1ccc2nc(N)c3cnn(C)c3c2c1)[C@@H]1COc2cc(-c3ccc4c(c3)OC(F)(F)O4)ccc21. The maximum atomic E-state index is 13.6. The smallest absolute Gasteiger partial charge is 0.491 e. The lowest BCUT2D eigenvalue weighted by Gasteiger charge is -2.24. The van der Waals surface area contributed by atoms with Gasteiger partial charge in [-0.3, -0.25) is 9.48 Å². The summed E-state index contributed by atoms with van der Waals surface area (Å²) in [6.07, 6.45) is -2.01. The number of rotatable bonds is 3. The largest absolute Gasteiger partial charge is 0.586 e. The van der Waals surface area contributed by atoms with Gasteiger partial charge in [-0.15, -0.1) is 8.78 Å². The second-order valence-electron chi connectivity index (χ2n) is 9.58. The number of benzene rings is 3. The number of aromatic nitrogens is 3. The normalized spacial score (nSPS) is 16.9. The molecule has 0 saturated carbocycles. The minimum Gasteiger partial charge on any atom is -0.491 e. The Hall–Kier alpha value is -4.93. The summed E-state index contributed by atoms with van der Waals surface area (Å²) in [5, 5.41) is 5.81. The van der Waals surface area contributed by atoms with E-state index in [9.17, 15) is 13.6 Å². The molecule has 39 heavy (non-hydrogen) atoms. The van der Waals surface area contributed by atoms with Crippen LogP contribution in [-0.2, 0) is 7.05 Å². The summed E-state index contributed by atoms with van der Waals surface area (Å²) in [5.74, 6) is 0.790. The Morgan fingerprint density at radius 2 is 1.77 bits per heavy atom. The standard InChI is InChI=1S/C28H21F2N5O4/c1-34(27(36)16-4-7-20-18(9-16)25-19(26(31)33-20)12-32-35(25)2)21-13-37-23-10-14(3-6-17(21)23)15-5-8-22-24(11-15)39-28(29,30)38-22/h3-12,21H,13H2,1-2H3,(H2,31,33)/t21-/m1/s1. The molecule has 0 fully saturated rings. The summed E-state index contributed by atoms with van der Waals surface area (Å²) in [6.45, 7) is 0.284. The third-order valence-corrected chi connectivity index (χ3v) is 7.25. The average Bonchev–Trinajstić information content (AvgIpc) is 3.60. The molecule has 3 aromatic carbocycles. The van der Waals surface area contributed by atoms with Crippen LogP contribution in [0.4, 0.5) is 14.6 Å². The number of aryl methyl sites for hydroxylation is 1. The Kier molecular flexibility index (Phi) is 4.78. The maximum Gasteiger partial charge on any atom is 0.586 e. The number of fused-ring (bicyclic) bond motifs is 5. The lowest BCUT2D eigenvalue weighted by Crippen LogP contribution is -2.32. The van der Waals surface area contributed by atoms with Crippen LogP contribution >= 0.6 is 0 Å². The molecule has 1 amide bonds. The van der Waals surface area contributed by atoms with Gasteiger partial charge in [0.25, 0.3) is 5.91 Å². The number of pyridine rings is 1. The van der Waals surface area contributed by atoms with E-state index in [4.69, 9.17) is 10.5 Å². The summed E-state index contributed by atoms with van der Waals surface area (Å²) in [5.41, 5.74) is 10.4. The van der Waals surface area contributed by atoms with Gasteiger partial charge in [-0.1, -0.05) is 18.2 Å². The van der Waals surface area contributed by atoms with Crippen LogP contribution in [-0.4, -0.2) is 45.5 Å². The Labute approximate surface area is 220 Å². The predicted molar refractivity (Wildman–Crippen MR) is 139 cm³/mol. The van der Waals surface area contributed by atoms with Crippen LogP contribution in [0.25, 0.3) is 32.9 Å². The van der Waals surface area contributed by atoms with Gasteiger partial charge < -0.3 is 24.8 Å². The van der Waals surface area contributed by atoms with Gasteiger partial charge in [0.1, 0.15) is 18.2 Å². The zero-order valence-corrected chi connectivity index (χ0v) is 20.8. The molecule has 7 rings (SSSR count). The third-order valence-electron chi connectivity index (χ3n) is 7.25. The lowest BCUT2D eigenvalue weighted by atomic mass is 10.00. The fourth-order valence-corrected chi connectivity index (χ4v) is 5.26. The van der Waals surface area contributed by atoms with Crippen molar-refractivity contribution in [1.29, 1.82) is 0 Å². The van der Waals surface area contributed by atoms with Crippen molar-refractivity contribution in [1.82, 2.24) is 19.7 Å². The van der Waals surface area contributed by atoms with E-state index in [1.807, 2.05) is 31.3 Å². The quantitative estimate of drug-likeness (QED) is 0.355. The zero-order valence-electron chi connectivity index (χ0n) is 20.8. The van der Waals surface area contributed by atoms with Crippen molar-refractivity contribution >= 4 is 33.5 Å². The van der Waals surface area contributed by atoms with E-state index in [2.05, 4.69) is 19.6 Å². The Bertz CT molecular complexity index is 1840. The minimum atomic E-state index is -3.68. The van der Waals surface area contributed by atoms with Gasteiger partial charge in [0.15, 0.2) is 11.5 Å². The Morgan fingerprint density at radius 3 is 2.59 bits per heavy atom. The zero-order chi connectivity index (χ0) is 27.1. The van der Waals surface area contributed by atoms with Gasteiger partial charge in [-0.25, -0.2) is 4.98 Å². The summed E-state index contributed by atoms with van der Waals surface area (Å²) < 4.78 is 43.6. The molecule has 0 aliphatic carbocycles. The number of alkyl halides is 2. The Morgan fingerprint density at radius 1 is 1.03 bits per heavy atom. The van der Waals surface area contributed by atoms with Crippen LogP contribution < -0.4 is 19.9 Å². The molecule has 4 heterocycles. The van der Waals surface area contributed by atoms with Gasteiger partial charge in [0.2, 0.25) is 0 Å². The van der Waals surface area contributed by atoms with Crippen LogP contribution in [0, 0.1) is 0 Å². The number of carbonyl (C=O) groups excluding carboxylic acids is 1. The molecular weight excluding hydrogens is 508 g/mol. The summed E-state index contributed by atoms with van der Waals surface area (Å²) in [4.78, 5) is 19.7. The monoisotopic (exact) mass is 529 g/mol. The molecule has 1 atom stereocenters. The van der Waals surface area contributed by atoms with Gasteiger partial charge in [0, 0.05) is 30.6 Å². The minimum absolute atomic E-state index is 0.0153. The van der Waals surface area contributed by atoms with Crippen molar-refractivity contribution in [2.24, 2.45) is 7.05 Å². The van der Waals surface area contributed by atoms with Crippen molar-refractivity contribution in [2.45, 2.75) is 12.3 Å². The van der Waals surface area contributed by atoms with Gasteiger partial charge in [0.05, 0.1) is 28.7 Å². The highest BCUT2D eigenvalue weighted by atomic mass is 19.3. The number of anilines is 1. The molecule has 2 aliphatic heterocycles. The van der Waals surface area contributed by atoms with Crippen molar-refractivity contribution < 1.29 is 27.8 Å². The van der Waals surface area contributed by atoms with E-state index in [1.165, 1.54) is 12.1 Å². The molecule has 0 spiro atoms. The highest BCUT2D eigenvalue weighted by Gasteiger charge is 2.43. The van der Waals surface area contributed by atoms with E-state index < -0.39 is 6.29 Å². The highest BCUT2D eigenvalue weighted by Crippen LogP contribution is 2.44. The van der Waals surface area contributed by atoms with Crippen LogP contribution in [0.1, 0.15) is 22.0 Å². The maximum absolute atomic E-state index is 13.6. The first-order valence-electron chi connectivity index (χ1n) is 12.1. The second kappa shape index (κ2) is 8.03. The first-order valence-corrected chi connectivity index (χ1v) is 12.1. The van der Waals surface area contributed by atoms with E-state index in [-0.39, 0.29) is 30.1 Å². The fourth-order valence-electron chi connectivity index (χ4n) is 5.26. The van der Waals surface area contributed by atoms with Gasteiger partial charge >= 0.3 is 6.29 Å². The first-order chi connectivity index (χ1) is 18.7. The van der Waals surface area contributed by atoms with Crippen LogP contribution in [0.3, 0.4) is 0 Å². The number of nitrogen functional groups attached to an aromatic ring is 1. The number of hydrogen-bond acceptors (Lipinski definition) is 7. The number of carbonyl (C=O) groups is 1. The molecule has 11 heteroatoms. The number of nitrogens with zero attached hydrogens (tertiary/aromatic N) is 4. The molecule has 0 unspecified atom stereocenters. The van der Waals surface area contributed by atoms with Crippen molar-refractivity contribution in [3.05, 3.63) is 71.9 Å². The summed E-state index contributed by atoms with van der Waals surface area (Å²) >= 11 is 0. The number of ether oxygens (including phenoxy) is 3. The molecule has 5 aromatic rings. The van der Waals surface area contributed by atoms with Crippen LogP contribution in [0.15, 0.2) is 60.8 Å². The van der Waals surface area contributed by atoms with E-state index in [0.717, 1.165) is 27.4 Å².